The third-order valence-electron chi connectivity index (χ3n) is 4.90. The van der Waals surface area contributed by atoms with Gasteiger partial charge in [0.15, 0.2) is 12.1 Å². The van der Waals surface area contributed by atoms with E-state index in [-0.39, 0.29) is 12.8 Å². The lowest BCUT2D eigenvalue weighted by Crippen LogP contribution is -2.48. The minimum atomic E-state index is -1.23. The van der Waals surface area contributed by atoms with Gasteiger partial charge in [-0.3, -0.25) is 0 Å². The molecule has 190 valence electrons. The summed E-state index contributed by atoms with van der Waals surface area (Å²) < 4.78 is 16.3. The van der Waals surface area contributed by atoms with Crippen LogP contribution < -0.4 is 5.32 Å². The molecule has 35 heavy (non-hydrogen) atoms. The molecule has 0 heterocycles. The Morgan fingerprint density at radius 3 is 2.31 bits per heavy atom. The number of amidine groups is 1. The van der Waals surface area contributed by atoms with E-state index in [9.17, 15) is 9.90 Å². The fourth-order valence-corrected chi connectivity index (χ4v) is 3.16. The van der Waals surface area contributed by atoms with E-state index in [2.05, 4.69) is 15.3 Å². The van der Waals surface area contributed by atoms with Gasteiger partial charge in [0.25, 0.3) is 0 Å². The van der Waals surface area contributed by atoms with Gasteiger partial charge in [-0.15, -0.1) is 0 Å². The number of nitrogens with one attached hydrogen (secondary N) is 1. The number of hydrogen-bond acceptors (Lipinski definition) is 6. The molecule has 0 spiro atoms. The van der Waals surface area contributed by atoms with Crippen LogP contribution in [0.1, 0.15) is 51.3 Å². The van der Waals surface area contributed by atoms with Crippen molar-refractivity contribution in [2.75, 3.05) is 7.11 Å². The van der Waals surface area contributed by atoms with Crippen LogP contribution in [-0.2, 0) is 27.2 Å². The number of aliphatic hydroxyl groups is 1. The highest BCUT2D eigenvalue weighted by molar-refractivity contribution is 6.02. The zero-order chi connectivity index (χ0) is 25.8. The molecule has 8 heteroatoms. The van der Waals surface area contributed by atoms with Crippen LogP contribution in [0, 0.1) is 0 Å². The highest BCUT2D eigenvalue weighted by Crippen LogP contribution is 2.16. The number of ether oxygens (including phenoxy) is 3. The predicted molar refractivity (Wildman–Crippen MR) is 138 cm³/mol. The highest BCUT2D eigenvalue weighted by Gasteiger charge is 2.27. The molecule has 2 N–H and O–H groups in total. The predicted octanol–water partition coefficient (Wildman–Crippen LogP) is 4.49. The molecular formula is C27H37N3O5. The Labute approximate surface area is 208 Å². The Kier molecular flexibility index (Phi) is 11.0. The topological polar surface area (TPSA) is 102 Å². The van der Waals surface area contributed by atoms with Crippen LogP contribution in [0.4, 0.5) is 4.79 Å². The molecule has 0 aromatic heterocycles. The van der Waals surface area contributed by atoms with Gasteiger partial charge in [-0.2, -0.15) is 0 Å². The van der Waals surface area contributed by atoms with E-state index in [1.54, 1.807) is 13.3 Å². The molecule has 2 aromatic rings. The smallest absolute Gasteiger partial charge is 0.407 e. The molecule has 0 saturated heterocycles. The standard InChI is InChI=1S/C27H37N3O5/c1-7-28-24(29-19(2)33-6)22-15-13-20(14-16-22)17-23(25(31)35-27(3,4)5)30-26(32)34-18-21-11-9-8-10-12-21/h7-16,19,23,25,31H,17-18H2,1-6H3,(H,30,32)/b28-7-,29-24-/t19?,23-,25?/m0/s1. The van der Waals surface area contributed by atoms with Crippen LogP contribution in [-0.4, -0.2) is 54.5 Å². The SMILES string of the molecule is C/C=N\C(=N/C(C)OC)c1ccc(C[C@H](NC(=O)OCc2ccccc2)C(O)OC(C)(C)C)cc1. The third kappa shape index (κ3) is 10.4. The van der Waals surface area contributed by atoms with Crippen molar-refractivity contribution in [2.24, 2.45) is 9.98 Å². The summed E-state index contributed by atoms with van der Waals surface area (Å²) in [5.74, 6) is 0.559. The largest absolute Gasteiger partial charge is 0.445 e. The van der Waals surface area contributed by atoms with E-state index in [0.717, 1.165) is 16.7 Å². The van der Waals surface area contributed by atoms with Crippen molar-refractivity contribution in [3.63, 3.8) is 0 Å². The zero-order valence-corrected chi connectivity index (χ0v) is 21.4. The third-order valence-corrected chi connectivity index (χ3v) is 4.90. The molecule has 0 fully saturated rings. The number of benzene rings is 2. The number of rotatable bonds is 10. The first kappa shape index (κ1) is 28.2. The van der Waals surface area contributed by atoms with Crippen LogP contribution in [0.25, 0.3) is 0 Å². The molecule has 0 bridgehead atoms. The number of aliphatic hydroxyl groups excluding tert-OH is 1. The van der Waals surface area contributed by atoms with Gasteiger partial charge in [-0.05, 0) is 52.2 Å². The number of methoxy groups -OCH3 is 1. The molecular weight excluding hydrogens is 446 g/mol. The van der Waals surface area contributed by atoms with Crippen molar-refractivity contribution in [3.8, 4) is 0 Å². The fraction of sp³-hybridized carbons (Fsp3) is 0.444. The maximum absolute atomic E-state index is 12.5. The summed E-state index contributed by atoms with van der Waals surface area (Å²) >= 11 is 0. The Balaban J connectivity index is 2.14. The molecule has 3 atom stereocenters. The van der Waals surface area contributed by atoms with Crippen LogP contribution in [0.2, 0.25) is 0 Å². The maximum atomic E-state index is 12.5. The number of carbonyl (C=O) groups is 1. The number of hydrogen-bond donors (Lipinski definition) is 2. The van der Waals surface area contributed by atoms with Gasteiger partial charge in [-0.1, -0.05) is 54.6 Å². The molecule has 8 nitrogen and oxygen atoms in total. The number of alkyl carbamates (subject to hydrolysis) is 1. The zero-order valence-electron chi connectivity index (χ0n) is 21.4. The summed E-state index contributed by atoms with van der Waals surface area (Å²) in [5.41, 5.74) is 1.99. The van der Waals surface area contributed by atoms with Gasteiger partial charge in [0, 0.05) is 18.9 Å². The Bertz CT molecular complexity index is 969. The van der Waals surface area contributed by atoms with E-state index < -0.39 is 24.0 Å². The lowest BCUT2D eigenvalue weighted by atomic mass is 10.0. The van der Waals surface area contributed by atoms with E-state index >= 15 is 0 Å². The lowest BCUT2D eigenvalue weighted by molar-refractivity contribution is -0.179. The first-order valence-corrected chi connectivity index (χ1v) is 11.6. The van der Waals surface area contributed by atoms with Gasteiger partial charge in [0.05, 0.1) is 11.6 Å². The summed E-state index contributed by atoms with van der Waals surface area (Å²) in [4.78, 5) is 21.3. The van der Waals surface area contributed by atoms with Crippen molar-refractivity contribution >= 4 is 18.1 Å². The molecule has 2 unspecified atom stereocenters. The van der Waals surface area contributed by atoms with Gasteiger partial charge in [0.1, 0.15) is 12.8 Å². The molecule has 1 amide bonds. The monoisotopic (exact) mass is 483 g/mol. The summed E-state index contributed by atoms with van der Waals surface area (Å²) in [5, 5.41) is 13.5. The quantitative estimate of drug-likeness (QED) is 0.295. The molecule has 0 aliphatic rings. The molecule has 0 saturated carbocycles. The van der Waals surface area contributed by atoms with E-state index in [1.807, 2.05) is 89.2 Å². The van der Waals surface area contributed by atoms with E-state index in [1.165, 1.54) is 0 Å². The minimum Gasteiger partial charge on any atom is -0.445 e. The number of nitrogens with zero attached hydrogens (tertiary/aromatic N) is 2. The van der Waals surface area contributed by atoms with Crippen molar-refractivity contribution in [1.82, 2.24) is 5.32 Å². The minimum absolute atomic E-state index is 0.129. The molecule has 0 radical (unpaired) electrons. The Morgan fingerprint density at radius 1 is 1.09 bits per heavy atom. The van der Waals surface area contributed by atoms with Gasteiger partial charge in [-0.25, -0.2) is 14.8 Å². The summed E-state index contributed by atoms with van der Waals surface area (Å²) in [7, 11) is 1.59. The summed E-state index contributed by atoms with van der Waals surface area (Å²) in [6, 6.07) is 16.3. The summed E-state index contributed by atoms with van der Waals surface area (Å²) in [6.45, 7) is 9.31. The molecule has 2 rings (SSSR count). The maximum Gasteiger partial charge on any atom is 0.407 e. The van der Waals surface area contributed by atoms with Crippen molar-refractivity contribution in [2.45, 2.75) is 71.8 Å². The second kappa shape index (κ2) is 13.7. The second-order valence-electron chi connectivity index (χ2n) is 9.01. The van der Waals surface area contributed by atoms with Gasteiger partial charge < -0.3 is 24.6 Å². The van der Waals surface area contributed by atoms with Crippen LogP contribution in [0.3, 0.4) is 0 Å². The van der Waals surface area contributed by atoms with Crippen molar-refractivity contribution in [3.05, 3.63) is 71.3 Å². The van der Waals surface area contributed by atoms with Gasteiger partial charge in [0.2, 0.25) is 0 Å². The highest BCUT2D eigenvalue weighted by atomic mass is 16.6. The normalized spacial score (nSPS) is 15.0. The number of aliphatic imine (C=N–C) groups is 2. The first-order chi connectivity index (χ1) is 16.6. The number of carbonyl (C=O) groups excluding carboxylic acids is 1. The second-order valence-corrected chi connectivity index (χ2v) is 9.01. The number of amides is 1. The van der Waals surface area contributed by atoms with E-state index in [0.29, 0.717) is 12.3 Å². The fourth-order valence-electron chi connectivity index (χ4n) is 3.16. The van der Waals surface area contributed by atoms with Crippen LogP contribution in [0.15, 0.2) is 64.6 Å². The average molecular weight is 484 g/mol. The van der Waals surface area contributed by atoms with E-state index in [4.69, 9.17) is 14.2 Å². The first-order valence-electron chi connectivity index (χ1n) is 11.6. The molecule has 2 aromatic carbocycles. The molecule has 0 aliphatic heterocycles. The Hall–Kier alpha value is -3.07. The van der Waals surface area contributed by atoms with Crippen molar-refractivity contribution < 1.29 is 24.1 Å². The van der Waals surface area contributed by atoms with Crippen molar-refractivity contribution in [1.29, 1.82) is 0 Å². The Morgan fingerprint density at radius 2 is 1.74 bits per heavy atom. The lowest BCUT2D eigenvalue weighted by Gasteiger charge is -2.30. The van der Waals surface area contributed by atoms with Crippen LogP contribution in [0.5, 0.6) is 0 Å². The average Bonchev–Trinajstić information content (AvgIpc) is 2.82. The summed E-state index contributed by atoms with van der Waals surface area (Å²) in [6.07, 6.45) is -0.184. The molecule has 0 aliphatic carbocycles. The van der Waals surface area contributed by atoms with Gasteiger partial charge >= 0.3 is 6.09 Å². The van der Waals surface area contributed by atoms with Crippen LogP contribution >= 0.6 is 0 Å².